The highest BCUT2D eigenvalue weighted by Gasteiger charge is 2.24. The molecule has 1 aliphatic heterocycles. The summed E-state index contributed by atoms with van der Waals surface area (Å²) in [5.74, 6) is 0.879. The van der Waals surface area contributed by atoms with Gasteiger partial charge < -0.3 is 10.6 Å². The van der Waals surface area contributed by atoms with Crippen molar-refractivity contribution in [2.24, 2.45) is 4.99 Å². The number of pyridine rings is 1. The maximum Gasteiger partial charge on any atom is 0.192 e. The normalized spacial score (nSPS) is 17.0. The summed E-state index contributed by atoms with van der Waals surface area (Å²) in [4.78, 5) is 8.44. The lowest BCUT2D eigenvalue weighted by Crippen LogP contribution is -2.44. The lowest BCUT2D eigenvalue weighted by atomic mass is 10.1. The number of guanidine groups is 1. The second-order valence-corrected chi connectivity index (χ2v) is 4.39. The topological polar surface area (TPSA) is 49.3 Å². The molecule has 2 N–H and O–H groups in total. The van der Waals surface area contributed by atoms with Crippen molar-refractivity contribution in [1.82, 2.24) is 15.6 Å². The van der Waals surface area contributed by atoms with Crippen LogP contribution in [0.4, 0.5) is 0 Å². The van der Waals surface area contributed by atoms with Crippen molar-refractivity contribution in [3.8, 4) is 0 Å². The fraction of sp³-hybridized carbons (Fsp3) is 0.455. The molecular weight excluding hydrogens is 315 g/mol. The maximum atomic E-state index is 4.38. The number of rotatable bonds is 2. The van der Waals surface area contributed by atoms with Crippen molar-refractivity contribution in [3.05, 3.63) is 30.1 Å². The van der Waals surface area contributed by atoms with E-state index in [2.05, 4.69) is 34.5 Å². The van der Waals surface area contributed by atoms with Gasteiger partial charge in [-0.1, -0.05) is 6.07 Å². The van der Waals surface area contributed by atoms with Crippen LogP contribution < -0.4 is 10.6 Å². The Morgan fingerprint density at radius 1 is 1.50 bits per heavy atom. The molecule has 1 aromatic heterocycles. The van der Waals surface area contributed by atoms with Crippen LogP contribution in [0, 0.1) is 0 Å². The Morgan fingerprint density at radius 3 is 2.88 bits per heavy atom. The SMILES string of the molecule is CC1(C)CN=C(NCc2cccnc2)N1.I. The van der Waals surface area contributed by atoms with Crippen molar-refractivity contribution in [2.75, 3.05) is 6.54 Å². The molecule has 4 nitrogen and oxygen atoms in total. The van der Waals surface area contributed by atoms with E-state index < -0.39 is 0 Å². The predicted molar refractivity (Wildman–Crippen MR) is 76.0 cm³/mol. The molecular formula is C11H17IN4. The Bertz CT molecular complexity index is 362. The maximum absolute atomic E-state index is 4.38. The number of nitrogens with one attached hydrogen (secondary N) is 2. The highest BCUT2D eigenvalue weighted by molar-refractivity contribution is 14.0. The third-order valence-corrected chi connectivity index (χ3v) is 2.27. The zero-order valence-corrected chi connectivity index (χ0v) is 11.9. The van der Waals surface area contributed by atoms with Crippen molar-refractivity contribution in [3.63, 3.8) is 0 Å². The van der Waals surface area contributed by atoms with E-state index >= 15 is 0 Å². The lowest BCUT2D eigenvalue weighted by Gasteiger charge is -2.18. The molecule has 0 bridgehead atoms. The minimum atomic E-state index is 0. The van der Waals surface area contributed by atoms with Gasteiger partial charge in [0.2, 0.25) is 0 Å². The average Bonchev–Trinajstić information content (AvgIpc) is 2.57. The molecule has 0 aromatic carbocycles. The zero-order chi connectivity index (χ0) is 10.7. The largest absolute Gasteiger partial charge is 0.352 e. The quantitative estimate of drug-likeness (QED) is 0.808. The second-order valence-electron chi connectivity index (χ2n) is 4.39. The van der Waals surface area contributed by atoms with Gasteiger partial charge in [-0.25, -0.2) is 0 Å². The number of hydrogen-bond acceptors (Lipinski definition) is 4. The van der Waals surface area contributed by atoms with Crippen LogP contribution in [0.5, 0.6) is 0 Å². The second kappa shape index (κ2) is 5.47. The molecule has 0 spiro atoms. The van der Waals surface area contributed by atoms with Crippen molar-refractivity contribution in [2.45, 2.75) is 25.9 Å². The molecule has 0 radical (unpaired) electrons. The minimum Gasteiger partial charge on any atom is -0.352 e. The van der Waals surface area contributed by atoms with Gasteiger partial charge in [0.05, 0.1) is 12.1 Å². The summed E-state index contributed by atoms with van der Waals surface area (Å²) < 4.78 is 0. The number of aromatic nitrogens is 1. The first-order chi connectivity index (χ1) is 7.16. The molecule has 0 unspecified atom stereocenters. The van der Waals surface area contributed by atoms with Gasteiger partial charge in [0.15, 0.2) is 5.96 Å². The molecule has 0 saturated carbocycles. The van der Waals surface area contributed by atoms with E-state index in [1.54, 1.807) is 6.20 Å². The minimum absolute atomic E-state index is 0. The van der Waals surface area contributed by atoms with Crippen LogP contribution >= 0.6 is 24.0 Å². The van der Waals surface area contributed by atoms with Gasteiger partial charge in [0.25, 0.3) is 0 Å². The van der Waals surface area contributed by atoms with E-state index in [0.29, 0.717) is 0 Å². The molecule has 0 aliphatic carbocycles. The number of hydrogen-bond donors (Lipinski definition) is 2. The van der Waals surface area contributed by atoms with Crippen LogP contribution in [0.1, 0.15) is 19.4 Å². The van der Waals surface area contributed by atoms with Crippen LogP contribution in [0.15, 0.2) is 29.5 Å². The number of aliphatic imine (C=N–C) groups is 1. The van der Waals surface area contributed by atoms with Gasteiger partial charge in [-0.3, -0.25) is 9.98 Å². The zero-order valence-electron chi connectivity index (χ0n) is 9.53. The molecule has 0 saturated heterocycles. The van der Waals surface area contributed by atoms with Crippen LogP contribution in [0.3, 0.4) is 0 Å². The Kier molecular flexibility index (Phi) is 4.52. The molecule has 5 heteroatoms. The van der Waals surface area contributed by atoms with Gasteiger partial charge in [0, 0.05) is 18.9 Å². The van der Waals surface area contributed by atoms with Crippen molar-refractivity contribution in [1.29, 1.82) is 0 Å². The van der Waals surface area contributed by atoms with E-state index in [0.717, 1.165) is 24.6 Å². The van der Waals surface area contributed by atoms with E-state index in [4.69, 9.17) is 0 Å². The van der Waals surface area contributed by atoms with Crippen LogP contribution in [0.2, 0.25) is 0 Å². The van der Waals surface area contributed by atoms with Crippen LogP contribution in [-0.2, 0) is 6.54 Å². The highest BCUT2D eigenvalue weighted by atomic mass is 127. The Morgan fingerprint density at radius 2 is 2.31 bits per heavy atom. The monoisotopic (exact) mass is 332 g/mol. The van der Waals surface area contributed by atoms with Crippen molar-refractivity contribution >= 4 is 29.9 Å². The van der Waals surface area contributed by atoms with Gasteiger partial charge in [-0.05, 0) is 25.5 Å². The Hall–Kier alpha value is -0.850. The first-order valence-electron chi connectivity index (χ1n) is 5.11. The lowest BCUT2D eigenvalue weighted by molar-refractivity contribution is 0.502. The molecule has 0 atom stereocenters. The molecule has 0 fully saturated rings. The molecule has 2 heterocycles. The first-order valence-corrected chi connectivity index (χ1v) is 5.11. The number of halogens is 1. The standard InChI is InChI=1S/C11H16N4.HI/c1-11(2)8-14-10(15-11)13-7-9-4-3-5-12-6-9;/h3-6H,7-8H2,1-2H3,(H2,13,14,15);1H. The molecule has 88 valence electrons. The van der Waals surface area contributed by atoms with Crippen LogP contribution in [0.25, 0.3) is 0 Å². The van der Waals surface area contributed by atoms with Gasteiger partial charge in [-0.15, -0.1) is 24.0 Å². The fourth-order valence-corrected chi connectivity index (χ4v) is 1.46. The Balaban J connectivity index is 0.00000128. The summed E-state index contributed by atoms with van der Waals surface area (Å²) in [7, 11) is 0. The van der Waals surface area contributed by atoms with E-state index in [1.807, 2.05) is 18.3 Å². The highest BCUT2D eigenvalue weighted by Crippen LogP contribution is 2.07. The molecule has 2 rings (SSSR count). The third kappa shape index (κ3) is 3.62. The predicted octanol–water partition coefficient (Wildman–Crippen LogP) is 1.53. The summed E-state index contributed by atoms with van der Waals surface area (Å²) in [6, 6.07) is 3.98. The van der Waals surface area contributed by atoms with E-state index in [9.17, 15) is 0 Å². The summed E-state index contributed by atoms with van der Waals surface area (Å²) in [6.07, 6.45) is 3.63. The van der Waals surface area contributed by atoms with E-state index in [1.165, 1.54) is 0 Å². The van der Waals surface area contributed by atoms with Gasteiger partial charge in [0.1, 0.15) is 0 Å². The fourth-order valence-electron chi connectivity index (χ4n) is 1.46. The van der Waals surface area contributed by atoms with Gasteiger partial charge >= 0.3 is 0 Å². The van der Waals surface area contributed by atoms with Crippen molar-refractivity contribution < 1.29 is 0 Å². The number of nitrogens with zero attached hydrogens (tertiary/aromatic N) is 2. The smallest absolute Gasteiger partial charge is 0.192 e. The molecule has 16 heavy (non-hydrogen) atoms. The molecule has 1 aromatic rings. The Labute approximate surface area is 113 Å². The summed E-state index contributed by atoms with van der Waals surface area (Å²) >= 11 is 0. The van der Waals surface area contributed by atoms with Crippen LogP contribution in [-0.4, -0.2) is 23.0 Å². The molecule has 0 amide bonds. The molecule has 1 aliphatic rings. The third-order valence-electron chi connectivity index (χ3n) is 2.27. The van der Waals surface area contributed by atoms with E-state index in [-0.39, 0.29) is 29.5 Å². The first kappa shape index (κ1) is 13.2. The average molecular weight is 332 g/mol. The summed E-state index contributed by atoms with van der Waals surface area (Å²) in [5, 5.41) is 6.57. The summed E-state index contributed by atoms with van der Waals surface area (Å²) in [6.45, 7) is 5.85. The summed E-state index contributed by atoms with van der Waals surface area (Å²) in [5.41, 5.74) is 1.24. The van der Waals surface area contributed by atoms with Gasteiger partial charge in [-0.2, -0.15) is 0 Å².